The van der Waals surface area contributed by atoms with Crippen LogP contribution in [0.25, 0.3) is 10.9 Å². The maximum absolute atomic E-state index is 13.4. The van der Waals surface area contributed by atoms with Crippen LogP contribution in [-0.2, 0) is 16.8 Å². The van der Waals surface area contributed by atoms with Gasteiger partial charge < -0.3 is 5.32 Å². The van der Waals surface area contributed by atoms with Gasteiger partial charge in [-0.2, -0.15) is 0 Å². The van der Waals surface area contributed by atoms with E-state index in [-0.39, 0.29) is 35.7 Å². The highest BCUT2D eigenvalue weighted by Gasteiger charge is 2.34. The monoisotopic (exact) mass is 408 g/mol. The fourth-order valence-corrected chi connectivity index (χ4v) is 4.33. The Morgan fingerprint density at radius 2 is 1.80 bits per heavy atom. The number of hydrogen-bond donors (Lipinski definition) is 1. The second-order valence-corrected chi connectivity index (χ2v) is 8.01. The van der Waals surface area contributed by atoms with Crippen LogP contribution in [0.3, 0.4) is 0 Å². The molecule has 0 atom stereocenters. The molecule has 1 saturated carbocycles. The Kier molecular flexibility index (Phi) is 5.88. The summed E-state index contributed by atoms with van der Waals surface area (Å²) in [4.78, 5) is 25.0. The number of hydrogen-bond acceptors (Lipinski definition) is 4. The van der Waals surface area contributed by atoms with Gasteiger partial charge in [0.15, 0.2) is 0 Å². The SMILES string of the molecule is O=C(CCn1nnc2ccccc2c1=O)NCC1(c2ccc(F)cc2)CCCCC1. The first-order valence-corrected chi connectivity index (χ1v) is 10.4. The van der Waals surface area contributed by atoms with E-state index in [1.165, 1.54) is 23.2 Å². The topological polar surface area (TPSA) is 76.9 Å². The molecule has 156 valence electrons. The lowest BCUT2D eigenvalue weighted by Crippen LogP contribution is -2.42. The van der Waals surface area contributed by atoms with Crippen molar-refractivity contribution in [3.05, 3.63) is 70.3 Å². The number of aryl methyl sites for hydroxylation is 1. The van der Waals surface area contributed by atoms with Crippen molar-refractivity contribution in [1.29, 1.82) is 0 Å². The van der Waals surface area contributed by atoms with Crippen LogP contribution in [0.5, 0.6) is 0 Å². The molecule has 1 amide bonds. The molecule has 1 aliphatic carbocycles. The molecule has 6 nitrogen and oxygen atoms in total. The van der Waals surface area contributed by atoms with Crippen LogP contribution in [-0.4, -0.2) is 27.4 Å². The zero-order valence-corrected chi connectivity index (χ0v) is 16.8. The molecule has 0 bridgehead atoms. The van der Waals surface area contributed by atoms with Crippen molar-refractivity contribution in [2.24, 2.45) is 0 Å². The lowest BCUT2D eigenvalue weighted by atomic mass is 9.69. The predicted octanol–water partition coefficient (Wildman–Crippen LogP) is 3.34. The molecule has 0 unspecified atom stereocenters. The second-order valence-electron chi connectivity index (χ2n) is 8.01. The van der Waals surface area contributed by atoms with Crippen molar-refractivity contribution in [2.75, 3.05) is 6.54 Å². The van der Waals surface area contributed by atoms with Gasteiger partial charge in [0.25, 0.3) is 5.56 Å². The van der Waals surface area contributed by atoms with Gasteiger partial charge in [-0.3, -0.25) is 9.59 Å². The van der Waals surface area contributed by atoms with Crippen molar-refractivity contribution in [1.82, 2.24) is 20.3 Å². The molecule has 1 aliphatic rings. The molecular weight excluding hydrogens is 383 g/mol. The Balaban J connectivity index is 1.41. The molecular formula is C23H25FN4O2. The zero-order chi connectivity index (χ0) is 21.0. The van der Waals surface area contributed by atoms with E-state index < -0.39 is 0 Å². The quantitative estimate of drug-likeness (QED) is 0.679. The van der Waals surface area contributed by atoms with Crippen molar-refractivity contribution in [3.8, 4) is 0 Å². The summed E-state index contributed by atoms with van der Waals surface area (Å²) in [5.74, 6) is -0.389. The number of carbonyl (C=O) groups is 1. The first-order chi connectivity index (χ1) is 14.6. The van der Waals surface area contributed by atoms with Crippen LogP contribution in [0.1, 0.15) is 44.1 Å². The summed E-state index contributed by atoms with van der Waals surface area (Å²) in [5.41, 5.74) is 1.20. The van der Waals surface area contributed by atoms with E-state index in [0.29, 0.717) is 17.4 Å². The van der Waals surface area contributed by atoms with Gasteiger partial charge in [-0.1, -0.05) is 48.7 Å². The standard InChI is InChI=1S/C23H25FN4O2/c24-18-10-8-17(9-11-18)23(13-4-1-5-14-23)16-25-21(29)12-15-28-22(30)19-6-2-3-7-20(19)26-27-28/h2-3,6-11H,1,4-5,12-16H2,(H,25,29). The molecule has 0 spiro atoms. The third-order valence-corrected chi connectivity index (χ3v) is 6.07. The Hall–Kier alpha value is -3.09. The first kappa shape index (κ1) is 20.2. The van der Waals surface area contributed by atoms with E-state index in [1.807, 2.05) is 12.1 Å². The highest BCUT2D eigenvalue weighted by Crippen LogP contribution is 2.39. The average Bonchev–Trinajstić information content (AvgIpc) is 2.78. The summed E-state index contributed by atoms with van der Waals surface area (Å²) >= 11 is 0. The Morgan fingerprint density at radius 1 is 1.07 bits per heavy atom. The number of nitrogens with zero attached hydrogens (tertiary/aromatic N) is 3. The Bertz CT molecular complexity index is 1090. The maximum atomic E-state index is 13.4. The fourth-order valence-electron chi connectivity index (χ4n) is 4.33. The van der Waals surface area contributed by atoms with Gasteiger partial charge in [0.2, 0.25) is 5.91 Å². The molecule has 2 aromatic carbocycles. The third kappa shape index (κ3) is 4.25. The van der Waals surface area contributed by atoms with E-state index in [9.17, 15) is 14.0 Å². The minimum Gasteiger partial charge on any atom is -0.355 e. The van der Waals surface area contributed by atoms with Gasteiger partial charge in [-0.25, -0.2) is 9.07 Å². The summed E-state index contributed by atoms with van der Waals surface area (Å²) < 4.78 is 14.6. The van der Waals surface area contributed by atoms with Gasteiger partial charge in [0, 0.05) is 18.4 Å². The largest absolute Gasteiger partial charge is 0.355 e. The van der Waals surface area contributed by atoms with Crippen LogP contribution in [0, 0.1) is 5.82 Å². The minimum atomic E-state index is -0.254. The van der Waals surface area contributed by atoms with Crippen molar-refractivity contribution >= 4 is 16.8 Å². The Morgan fingerprint density at radius 3 is 2.57 bits per heavy atom. The molecule has 0 radical (unpaired) electrons. The minimum absolute atomic E-state index is 0.135. The van der Waals surface area contributed by atoms with Gasteiger partial charge in [0.1, 0.15) is 11.3 Å². The maximum Gasteiger partial charge on any atom is 0.277 e. The normalized spacial score (nSPS) is 15.8. The number of halogens is 1. The fraction of sp³-hybridized carbons (Fsp3) is 0.391. The number of carbonyl (C=O) groups excluding carboxylic acids is 1. The van der Waals surface area contributed by atoms with Crippen LogP contribution in [0.2, 0.25) is 0 Å². The average molecular weight is 408 g/mol. The molecule has 0 aliphatic heterocycles. The molecule has 1 aromatic heterocycles. The number of nitrogens with one attached hydrogen (secondary N) is 1. The molecule has 7 heteroatoms. The second kappa shape index (κ2) is 8.73. The first-order valence-electron chi connectivity index (χ1n) is 10.4. The lowest BCUT2D eigenvalue weighted by molar-refractivity contribution is -0.121. The summed E-state index contributed by atoms with van der Waals surface area (Å²) in [6.45, 7) is 0.682. The van der Waals surface area contributed by atoms with Crippen molar-refractivity contribution in [2.45, 2.75) is 50.5 Å². The van der Waals surface area contributed by atoms with Gasteiger partial charge >= 0.3 is 0 Å². The van der Waals surface area contributed by atoms with E-state index >= 15 is 0 Å². The number of aromatic nitrogens is 3. The van der Waals surface area contributed by atoms with Gasteiger partial charge in [-0.15, -0.1) is 5.10 Å². The molecule has 1 fully saturated rings. The highest BCUT2D eigenvalue weighted by molar-refractivity contribution is 5.77. The summed E-state index contributed by atoms with van der Waals surface area (Å²) in [5, 5.41) is 11.5. The number of amides is 1. The van der Waals surface area contributed by atoms with E-state index in [4.69, 9.17) is 0 Å². The molecule has 1 N–H and O–H groups in total. The number of fused-ring (bicyclic) bond motifs is 1. The zero-order valence-electron chi connectivity index (χ0n) is 16.8. The summed E-state index contributed by atoms with van der Waals surface area (Å²) in [6.07, 6.45) is 5.44. The Labute approximate surface area is 174 Å². The molecule has 4 rings (SSSR count). The van der Waals surface area contributed by atoms with E-state index in [1.54, 1.807) is 24.3 Å². The van der Waals surface area contributed by atoms with E-state index in [2.05, 4.69) is 15.6 Å². The molecule has 3 aromatic rings. The van der Waals surface area contributed by atoms with Crippen molar-refractivity contribution in [3.63, 3.8) is 0 Å². The van der Waals surface area contributed by atoms with E-state index in [0.717, 1.165) is 31.2 Å². The van der Waals surface area contributed by atoms with Crippen LogP contribution in [0.15, 0.2) is 53.3 Å². The highest BCUT2D eigenvalue weighted by atomic mass is 19.1. The summed E-state index contributed by atoms with van der Waals surface area (Å²) in [6, 6.07) is 13.7. The number of rotatable bonds is 6. The molecule has 0 saturated heterocycles. The molecule has 1 heterocycles. The van der Waals surface area contributed by atoms with Crippen LogP contribution in [0.4, 0.5) is 4.39 Å². The molecule has 30 heavy (non-hydrogen) atoms. The lowest BCUT2D eigenvalue weighted by Gasteiger charge is -2.38. The smallest absolute Gasteiger partial charge is 0.277 e. The van der Waals surface area contributed by atoms with Crippen molar-refractivity contribution < 1.29 is 9.18 Å². The third-order valence-electron chi connectivity index (χ3n) is 6.07. The summed E-state index contributed by atoms with van der Waals surface area (Å²) in [7, 11) is 0. The van der Waals surface area contributed by atoms with Gasteiger partial charge in [-0.05, 0) is 42.7 Å². The predicted molar refractivity (Wildman–Crippen MR) is 113 cm³/mol. The van der Waals surface area contributed by atoms with Crippen LogP contribution < -0.4 is 10.9 Å². The van der Waals surface area contributed by atoms with Gasteiger partial charge in [0.05, 0.1) is 11.9 Å². The van der Waals surface area contributed by atoms with Crippen LogP contribution >= 0.6 is 0 Å². The number of benzene rings is 2.